The van der Waals surface area contributed by atoms with Gasteiger partial charge in [0.25, 0.3) is 0 Å². The van der Waals surface area contributed by atoms with Crippen LogP contribution in [0.1, 0.15) is 43.4 Å². The summed E-state index contributed by atoms with van der Waals surface area (Å²) in [6, 6.07) is 1.59. The zero-order chi connectivity index (χ0) is 24.5. The monoisotopic (exact) mass is 510 g/mol. The number of carbonyl (C=O) groups excluding carboxylic acids is 2. The standard InChI is InChI=1S/C22H30N4O6S2/c1-4-31-22(28)16-7-10-25(11-8-16)21(27)17-6-5-9-26(13-17)34(29,30)19-12-18(33-14(19)2)20-23-15(3)32-24-20/h12,16-17H,4-11,13H2,1-3H3/t17-/m0/s1. The van der Waals surface area contributed by atoms with Crippen molar-refractivity contribution in [2.75, 3.05) is 32.8 Å². The van der Waals surface area contributed by atoms with Gasteiger partial charge in [0.05, 0.1) is 28.2 Å². The molecule has 4 heterocycles. The zero-order valence-electron chi connectivity index (χ0n) is 19.7. The van der Waals surface area contributed by atoms with Crippen LogP contribution in [0, 0.1) is 25.7 Å². The Bertz CT molecular complexity index is 1150. The number of thiophene rings is 1. The number of piperidine rings is 2. The fraction of sp³-hybridized carbons (Fsp3) is 0.636. The van der Waals surface area contributed by atoms with E-state index in [-0.39, 0.29) is 35.2 Å². The van der Waals surface area contributed by atoms with Gasteiger partial charge in [0.1, 0.15) is 0 Å². The lowest BCUT2D eigenvalue weighted by Gasteiger charge is -2.37. The molecule has 1 atom stereocenters. The molecule has 2 aromatic heterocycles. The van der Waals surface area contributed by atoms with Gasteiger partial charge in [-0.1, -0.05) is 5.16 Å². The zero-order valence-corrected chi connectivity index (χ0v) is 21.3. The molecule has 1 amide bonds. The second-order valence-electron chi connectivity index (χ2n) is 8.72. The first-order chi connectivity index (χ1) is 16.2. The van der Waals surface area contributed by atoms with E-state index < -0.39 is 10.0 Å². The number of sulfonamides is 1. The minimum absolute atomic E-state index is 0.0350. The van der Waals surface area contributed by atoms with Gasteiger partial charge in [-0.05, 0) is 45.6 Å². The SMILES string of the molecule is CCOC(=O)C1CCN(C(=O)[C@H]2CCCN(S(=O)(=O)c3cc(-c4noc(C)n4)sc3C)C2)CC1. The van der Waals surface area contributed by atoms with Gasteiger partial charge in [-0.2, -0.15) is 9.29 Å². The number of hydrogen-bond acceptors (Lipinski definition) is 9. The number of aryl methyl sites for hydroxylation is 2. The van der Waals surface area contributed by atoms with Gasteiger partial charge in [-0.25, -0.2) is 8.42 Å². The largest absolute Gasteiger partial charge is 0.466 e. The third-order valence-electron chi connectivity index (χ3n) is 6.40. The first-order valence-corrected chi connectivity index (χ1v) is 13.8. The summed E-state index contributed by atoms with van der Waals surface area (Å²) in [6.07, 6.45) is 2.42. The van der Waals surface area contributed by atoms with Crippen molar-refractivity contribution in [3.8, 4) is 10.7 Å². The molecule has 0 bridgehead atoms. The van der Waals surface area contributed by atoms with Crippen molar-refractivity contribution in [2.45, 2.75) is 51.3 Å². The molecule has 186 valence electrons. The molecule has 34 heavy (non-hydrogen) atoms. The smallest absolute Gasteiger partial charge is 0.309 e. The Labute approximate surface area is 203 Å². The number of esters is 1. The minimum Gasteiger partial charge on any atom is -0.466 e. The highest BCUT2D eigenvalue weighted by atomic mass is 32.2. The molecule has 2 fully saturated rings. The lowest BCUT2D eigenvalue weighted by Crippen LogP contribution is -2.49. The molecule has 0 N–H and O–H groups in total. The first kappa shape index (κ1) is 24.8. The van der Waals surface area contributed by atoms with Crippen LogP contribution in [0.4, 0.5) is 0 Å². The minimum atomic E-state index is -3.77. The van der Waals surface area contributed by atoms with Crippen molar-refractivity contribution in [2.24, 2.45) is 11.8 Å². The third kappa shape index (κ3) is 5.03. The molecule has 0 unspecified atom stereocenters. The molecule has 0 saturated carbocycles. The number of likely N-dealkylation sites (tertiary alicyclic amines) is 1. The van der Waals surface area contributed by atoms with Gasteiger partial charge in [-0.15, -0.1) is 11.3 Å². The van der Waals surface area contributed by atoms with Crippen LogP contribution in [0.5, 0.6) is 0 Å². The van der Waals surface area contributed by atoms with Crippen LogP contribution in [-0.2, 0) is 24.3 Å². The van der Waals surface area contributed by atoms with E-state index in [2.05, 4.69) is 10.1 Å². The van der Waals surface area contributed by atoms with Crippen molar-refractivity contribution in [3.05, 3.63) is 16.8 Å². The van der Waals surface area contributed by atoms with Gasteiger partial charge in [0.2, 0.25) is 27.6 Å². The maximum absolute atomic E-state index is 13.5. The molecule has 0 radical (unpaired) electrons. The van der Waals surface area contributed by atoms with Gasteiger partial charge in [-0.3, -0.25) is 9.59 Å². The average Bonchev–Trinajstić information content (AvgIpc) is 3.44. The fourth-order valence-corrected chi connectivity index (χ4v) is 7.60. The van der Waals surface area contributed by atoms with Crippen LogP contribution in [0.15, 0.2) is 15.5 Å². The summed E-state index contributed by atoms with van der Waals surface area (Å²) in [7, 11) is -3.77. The van der Waals surface area contributed by atoms with E-state index in [1.807, 2.05) is 0 Å². The van der Waals surface area contributed by atoms with Crippen LogP contribution in [0.3, 0.4) is 0 Å². The summed E-state index contributed by atoms with van der Waals surface area (Å²) in [4.78, 5) is 32.6. The third-order valence-corrected chi connectivity index (χ3v) is 9.56. The second kappa shape index (κ2) is 10.1. The Morgan fingerprint density at radius 3 is 2.56 bits per heavy atom. The highest BCUT2D eigenvalue weighted by Gasteiger charge is 2.38. The lowest BCUT2D eigenvalue weighted by molar-refractivity contribution is -0.152. The van der Waals surface area contributed by atoms with E-state index in [9.17, 15) is 18.0 Å². The number of amides is 1. The Morgan fingerprint density at radius 2 is 1.91 bits per heavy atom. The molecular formula is C22H30N4O6S2. The first-order valence-electron chi connectivity index (χ1n) is 11.6. The van der Waals surface area contributed by atoms with Gasteiger partial charge in [0, 0.05) is 38.0 Å². The average molecular weight is 511 g/mol. The summed E-state index contributed by atoms with van der Waals surface area (Å²) in [5.74, 6) is -0.0238. The molecule has 2 saturated heterocycles. The second-order valence-corrected chi connectivity index (χ2v) is 11.9. The van der Waals surface area contributed by atoms with Crippen LogP contribution in [0.25, 0.3) is 10.7 Å². The highest BCUT2D eigenvalue weighted by Crippen LogP contribution is 2.35. The maximum atomic E-state index is 13.5. The van der Waals surface area contributed by atoms with Crippen molar-refractivity contribution < 1.29 is 27.3 Å². The summed E-state index contributed by atoms with van der Waals surface area (Å²) in [5.41, 5.74) is 0. The summed E-state index contributed by atoms with van der Waals surface area (Å²) < 4.78 is 38.5. The van der Waals surface area contributed by atoms with E-state index in [0.29, 0.717) is 73.4 Å². The van der Waals surface area contributed by atoms with Gasteiger partial charge in [0.15, 0.2) is 0 Å². The van der Waals surface area contributed by atoms with Crippen LogP contribution in [0.2, 0.25) is 0 Å². The summed E-state index contributed by atoms with van der Waals surface area (Å²) >= 11 is 1.30. The molecule has 2 aliphatic heterocycles. The fourth-order valence-electron chi connectivity index (χ4n) is 4.59. The number of hydrogen-bond donors (Lipinski definition) is 0. The number of ether oxygens (including phenoxy) is 1. The number of nitrogens with zero attached hydrogens (tertiary/aromatic N) is 4. The number of rotatable bonds is 6. The Morgan fingerprint density at radius 1 is 1.18 bits per heavy atom. The van der Waals surface area contributed by atoms with Crippen molar-refractivity contribution in [3.63, 3.8) is 0 Å². The van der Waals surface area contributed by atoms with Gasteiger partial charge < -0.3 is 14.2 Å². The van der Waals surface area contributed by atoms with Crippen LogP contribution < -0.4 is 0 Å². The van der Waals surface area contributed by atoms with E-state index in [0.717, 1.165) is 0 Å². The molecule has 0 spiro atoms. The maximum Gasteiger partial charge on any atom is 0.309 e. The highest BCUT2D eigenvalue weighted by molar-refractivity contribution is 7.89. The molecule has 2 aliphatic rings. The molecule has 2 aromatic rings. The van der Waals surface area contributed by atoms with Crippen molar-refractivity contribution >= 4 is 33.2 Å². The van der Waals surface area contributed by atoms with E-state index in [4.69, 9.17) is 9.26 Å². The number of carbonyl (C=O) groups is 2. The van der Waals surface area contributed by atoms with Crippen molar-refractivity contribution in [1.29, 1.82) is 0 Å². The summed E-state index contributed by atoms with van der Waals surface area (Å²) in [6.45, 7) is 7.08. The predicted octanol–water partition coefficient (Wildman–Crippen LogP) is 2.62. The molecule has 12 heteroatoms. The molecule has 4 rings (SSSR count). The van der Waals surface area contributed by atoms with E-state index in [1.165, 1.54) is 15.6 Å². The topological polar surface area (TPSA) is 123 Å². The summed E-state index contributed by atoms with van der Waals surface area (Å²) in [5, 5.41) is 3.89. The Balaban J connectivity index is 1.43. The number of aromatic nitrogens is 2. The normalized spacial score (nSPS) is 20.4. The lowest BCUT2D eigenvalue weighted by atomic mass is 9.93. The molecule has 10 nitrogen and oxygen atoms in total. The van der Waals surface area contributed by atoms with Crippen LogP contribution in [-0.4, -0.2) is 72.4 Å². The van der Waals surface area contributed by atoms with Gasteiger partial charge >= 0.3 is 5.97 Å². The van der Waals surface area contributed by atoms with E-state index >= 15 is 0 Å². The molecular weight excluding hydrogens is 480 g/mol. The Kier molecular flexibility index (Phi) is 7.39. The van der Waals surface area contributed by atoms with Crippen LogP contribution >= 0.6 is 11.3 Å². The molecule has 0 aliphatic carbocycles. The molecule has 0 aromatic carbocycles. The van der Waals surface area contributed by atoms with E-state index in [1.54, 1.807) is 31.7 Å². The quantitative estimate of drug-likeness (QED) is 0.544. The van der Waals surface area contributed by atoms with Crippen molar-refractivity contribution in [1.82, 2.24) is 19.3 Å². The predicted molar refractivity (Wildman–Crippen MR) is 125 cm³/mol. The Hall–Kier alpha value is -2.31.